The average Bonchev–Trinajstić information content (AvgIpc) is 2.05. The fourth-order valence-electron chi connectivity index (χ4n) is 1.11. The van der Waals surface area contributed by atoms with Gasteiger partial charge >= 0.3 is 29.6 Å². The van der Waals surface area contributed by atoms with E-state index in [0.717, 1.165) is 24.3 Å². The second-order valence-electron chi connectivity index (χ2n) is 2.83. The number of carbonyl (C=O) groups excluding carboxylic acids is 1. The number of nitrogens with two attached hydrogens (primary N) is 1. The number of amides is 1. The van der Waals surface area contributed by atoms with E-state index in [2.05, 4.69) is 0 Å². The van der Waals surface area contributed by atoms with E-state index >= 15 is 0 Å². The molecule has 0 bridgehead atoms. The van der Waals surface area contributed by atoms with Gasteiger partial charge in [0.15, 0.2) is 5.25 Å². The van der Waals surface area contributed by atoms with E-state index in [1.807, 2.05) is 0 Å². The molecule has 1 aromatic rings. The maximum absolute atomic E-state index is 12.5. The molecule has 1 amide bonds. The van der Waals surface area contributed by atoms with E-state index in [0.29, 0.717) is 0 Å². The Kier molecular flexibility index (Phi) is 5.57. The van der Waals surface area contributed by atoms with E-state index in [-0.39, 0.29) is 35.1 Å². The summed E-state index contributed by atoms with van der Waals surface area (Å²) in [6.07, 6.45) is 0. The molecule has 1 unspecified atom stereocenters. The van der Waals surface area contributed by atoms with Gasteiger partial charge in [-0.1, -0.05) is 12.1 Å². The third-order valence-corrected chi connectivity index (χ3v) is 2.80. The molecule has 0 saturated carbocycles. The molecule has 0 aromatic heterocycles. The first kappa shape index (κ1) is 15.5. The van der Waals surface area contributed by atoms with Crippen LogP contribution in [0.3, 0.4) is 0 Å². The molecule has 2 N–H and O–H groups in total. The van der Waals surface area contributed by atoms with Crippen molar-refractivity contribution in [2.45, 2.75) is 5.25 Å². The van der Waals surface area contributed by atoms with Crippen molar-refractivity contribution in [1.82, 2.24) is 0 Å². The summed E-state index contributed by atoms with van der Waals surface area (Å²) in [6.45, 7) is 0. The molecule has 82 valence electrons. The molecular formula is C8H7FNNaO4S. The van der Waals surface area contributed by atoms with E-state index in [9.17, 15) is 22.2 Å². The van der Waals surface area contributed by atoms with Crippen LogP contribution in [0.1, 0.15) is 10.8 Å². The molecule has 0 heterocycles. The molecular weight excluding hydrogens is 248 g/mol. The van der Waals surface area contributed by atoms with Gasteiger partial charge in [-0.25, -0.2) is 12.8 Å². The summed E-state index contributed by atoms with van der Waals surface area (Å²) >= 11 is 0. The van der Waals surface area contributed by atoms with Gasteiger partial charge in [-0.2, -0.15) is 0 Å². The van der Waals surface area contributed by atoms with Crippen molar-refractivity contribution in [1.29, 1.82) is 0 Å². The van der Waals surface area contributed by atoms with Crippen LogP contribution in [-0.4, -0.2) is 18.9 Å². The Balaban J connectivity index is 0.00000225. The van der Waals surface area contributed by atoms with Crippen LogP contribution in [0.4, 0.5) is 4.39 Å². The topological polar surface area (TPSA) is 100 Å². The van der Waals surface area contributed by atoms with Crippen LogP contribution < -0.4 is 35.3 Å². The second-order valence-corrected chi connectivity index (χ2v) is 4.28. The molecule has 0 fully saturated rings. The van der Waals surface area contributed by atoms with Crippen LogP contribution in [0.15, 0.2) is 24.3 Å². The normalized spacial score (nSPS) is 12.6. The molecule has 0 saturated heterocycles. The Hall–Kier alpha value is -0.470. The van der Waals surface area contributed by atoms with Crippen molar-refractivity contribution in [3.05, 3.63) is 35.6 Å². The molecule has 0 aliphatic rings. The van der Waals surface area contributed by atoms with Gasteiger partial charge in [0.2, 0.25) is 5.91 Å². The number of rotatable bonds is 3. The number of primary amides is 1. The first-order valence-corrected chi connectivity index (χ1v) is 5.29. The third-order valence-electron chi connectivity index (χ3n) is 1.72. The standard InChI is InChI=1S/C8H8FNO4S.Na/c9-6-3-1-5(2-4-6)7(8(10)11)15(12,13)14;/h1-4,7H,(H2,10,11)(H,12,13,14);/q;+1/p-1. The quantitative estimate of drug-likeness (QED) is 0.456. The molecule has 1 aromatic carbocycles. The summed E-state index contributed by atoms with van der Waals surface area (Å²) in [4.78, 5) is 10.8. The van der Waals surface area contributed by atoms with E-state index < -0.39 is 27.1 Å². The minimum atomic E-state index is -4.88. The zero-order chi connectivity index (χ0) is 11.6. The monoisotopic (exact) mass is 255 g/mol. The van der Waals surface area contributed by atoms with E-state index in [1.165, 1.54) is 0 Å². The van der Waals surface area contributed by atoms with Crippen molar-refractivity contribution in [3.8, 4) is 0 Å². The third kappa shape index (κ3) is 3.84. The van der Waals surface area contributed by atoms with Gasteiger partial charge in [0.05, 0.1) is 0 Å². The fourth-order valence-corrected chi connectivity index (χ4v) is 1.89. The van der Waals surface area contributed by atoms with E-state index in [4.69, 9.17) is 5.73 Å². The van der Waals surface area contributed by atoms with Crippen molar-refractivity contribution in [3.63, 3.8) is 0 Å². The van der Waals surface area contributed by atoms with E-state index in [1.54, 1.807) is 0 Å². The molecule has 1 rings (SSSR count). The van der Waals surface area contributed by atoms with Crippen LogP contribution in [0.25, 0.3) is 0 Å². The van der Waals surface area contributed by atoms with Gasteiger partial charge in [0, 0.05) is 0 Å². The van der Waals surface area contributed by atoms with Gasteiger partial charge in [0.25, 0.3) is 0 Å². The summed E-state index contributed by atoms with van der Waals surface area (Å²) in [7, 11) is -4.88. The molecule has 8 heteroatoms. The molecule has 5 nitrogen and oxygen atoms in total. The number of hydrogen-bond donors (Lipinski definition) is 1. The summed E-state index contributed by atoms with van der Waals surface area (Å²) in [5.74, 6) is -1.89. The first-order valence-electron chi connectivity index (χ1n) is 3.82. The molecule has 0 radical (unpaired) electrons. The van der Waals surface area contributed by atoms with Crippen molar-refractivity contribution < 1.29 is 51.7 Å². The molecule has 1 atom stereocenters. The Morgan fingerprint density at radius 3 is 2.06 bits per heavy atom. The predicted molar refractivity (Wildman–Crippen MR) is 48.0 cm³/mol. The second kappa shape index (κ2) is 5.74. The van der Waals surface area contributed by atoms with Gasteiger partial charge in [0.1, 0.15) is 15.9 Å². The Morgan fingerprint density at radius 2 is 1.75 bits per heavy atom. The van der Waals surface area contributed by atoms with Gasteiger partial charge in [-0.05, 0) is 17.7 Å². The smallest absolute Gasteiger partial charge is 0.747 e. The zero-order valence-electron chi connectivity index (χ0n) is 8.38. The van der Waals surface area contributed by atoms with Crippen LogP contribution in [0.5, 0.6) is 0 Å². The maximum atomic E-state index is 12.5. The minimum Gasteiger partial charge on any atom is -0.747 e. The molecule has 0 aliphatic heterocycles. The van der Waals surface area contributed by atoms with Gasteiger partial charge in [-0.3, -0.25) is 4.79 Å². The van der Waals surface area contributed by atoms with Gasteiger partial charge < -0.3 is 10.3 Å². The van der Waals surface area contributed by atoms with Gasteiger partial charge in [-0.15, -0.1) is 0 Å². The Labute approximate surface area is 114 Å². The SMILES string of the molecule is NC(=O)C(c1ccc(F)cc1)S(=O)(=O)[O-].[Na+]. The Bertz CT molecular complexity index is 473. The molecule has 0 spiro atoms. The molecule has 0 aliphatic carbocycles. The predicted octanol–water partition coefficient (Wildman–Crippen LogP) is -3.10. The number of carbonyl (C=O) groups is 1. The molecule has 16 heavy (non-hydrogen) atoms. The summed E-state index contributed by atoms with van der Waals surface area (Å²) in [5, 5.41) is -1.97. The largest absolute Gasteiger partial charge is 1.00 e. The first-order chi connectivity index (χ1) is 6.82. The number of benzene rings is 1. The van der Waals surface area contributed by atoms with Crippen LogP contribution in [-0.2, 0) is 14.9 Å². The zero-order valence-corrected chi connectivity index (χ0v) is 11.2. The fraction of sp³-hybridized carbons (Fsp3) is 0.125. The number of halogens is 1. The summed E-state index contributed by atoms with van der Waals surface area (Å²) < 4.78 is 44.6. The minimum absolute atomic E-state index is 0. The summed E-state index contributed by atoms with van der Waals surface area (Å²) in [6, 6.07) is 3.94. The Morgan fingerprint density at radius 1 is 1.31 bits per heavy atom. The van der Waals surface area contributed by atoms with Crippen LogP contribution in [0, 0.1) is 5.82 Å². The average molecular weight is 255 g/mol. The van der Waals surface area contributed by atoms with Crippen molar-refractivity contribution >= 4 is 16.0 Å². The summed E-state index contributed by atoms with van der Waals surface area (Å²) in [5.41, 5.74) is 4.64. The van der Waals surface area contributed by atoms with Crippen LogP contribution in [0.2, 0.25) is 0 Å². The maximum Gasteiger partial charge on any atom is 1.00 e. The van der Waals surface area contributed by atoms with Crippen LogP contribution >= 0.6 is 0 Å². The number of hydrogen-bond acceptors (Lipinski definition) is 4. The van der Waals surface area contributed by atoms with Crippen molar-refractivity contribution in [2.75, 3.05) is 0 Å². The van der Waals surface area contributed by atoms with Crippen molar-refractivity contribution in [2.24, 2.45) is 5.73 Å².